The van der Waals surface area contributed by atoms with Crippen molar-refractivity contribution >= 4 is 29.2 Å². The maximum atomic E-state index is 11.5. The number of carbonyl (C=O) groups excluding carboxylic acids is 1. The topological polar surface area (TPSA) is 114 Å². The number of hydrogen-bond acceptors (Lipinski definition) is 8. The van der Waals surface area contributed by atoms with Gasteiger partial charge in [0.05, 0.1) is 6.33 Å². The van der Waals surface area contributed by atoms with Gasteiger partial charge >= 0.3 is 0 Å². The molecular weight excluding hydrogens is 488 g/mol. The molecule has 2 aromatic heterocycles. The second-order valence-corrected chi connectivity index (χ2v) is 11.7. The van der Waals surface area contributed by atoms with Gasteiger partial charge < -0.3 is 25.7 Å². The van der Waals surface area contributed by atoms with E-state index in [1.54, 1.807) is 0 Å². The largest absolute Gasteiger partial charge is 0.365 e. The molecule has 1 unspecified atom stereocenters. The van der Waals surface area contributed by atoms with Gasteiger partial charge in [-0.1, -0.05) is 43.2 Å². The Hall–Kier alpha value is -3.04. The Labute approximate surface area is 231 Å². The highest BCUT2D eigenvalue weighted by Crippen LogP contribution is 2.34. The number of aromatic nitrogens is 4. The molecule has 6 rings (SSSR count). The van der Waals surface area contributed by atoms with Crippen molar-refractivity contribution in [3.63, 3.8) is 0 Å². The summed E-state index contributed by atoms with van der Waals surface area (Å²) in [4.78, 5) is 28.7. The summed E-state index contributed by atoms with van der Waals surface area (Å²) in [7, 11) is 0. The molecule has 1 aromatic carbocycles. The van der Waals surface area contributed by atoms with Crippen LogP contribution < -0.4 is 16.4 Å². The van der Waals surface area contributed by atoms with Gasteiger partial charge in [0.2, 0.25) is 5.95 Å². The monoisotopic (exact) mass is 530 g/mol. The summed E-state index contributed by atoms with van der Waals surface area (Å²) in [6, 6.07) is 12.0. The number of likely N-dealkylation sites (tertiary alicyclic amines) is 1. The molecule has 3 fully saturated rings. The zero-order valence-electron chi connectivity index (χ0n) is 22.8. The summed E-state index contributed by atoms with van der Waals surface area (Å²) in [5.41, 5.74) is 9.16. The van der Waals surface area contributed by atoms with E-state index in [-0.39, 0.29) is 6.04 Å². The van der Waals surface area contributed by atoms with Gasteiger partial charge in [0.15, 0.2) is 17.0 Å². The van der Waals surface area contributed by atoms with E-state index in [1.807, 2.05) is 12.4 Å². The van der Waals surface area contributed by atoms with Crippen LogP contribution in [0.2, 0.25) is 0 Å². The maximum absolute atomic E-state index is 11.5. The van der Waals surface area contributed by atoms with Crippen LogP contribution in [-0.2, 0) is 4.79 Å². The van der Waals surface area contributed by atoms with Crippen molar-refractivity contribution in [1.29, 1.82) is 0 Å². The van der Waals surface area contributed by atoms with Gasteiger partial charge in [-0.2, -0.15) is 9.97 Å². The lowest BCUT2D eigenvalue weighted by Crippen LogP contribution is -2.41. The zero-order valence-corrected chi connectivity index (χ0v) is 22.8. The lowest BCUT2D eigenvalue weighted by atomic mass is 9.92. The zero-order chi connectivity index (χ0) is 26.6. The summed E-state index contributed by atoms with van der Waals surface area (Å²) >= 11 is 0. The summed E-state index contributed by atoms with van der Waals surface area (Å²) in [6.45, 7) is 1.87. The number of nitrogens with two attached hydrogens (primary N) is 1. The first-order chi connectivity index (χ1) is 19.2. The molecule has 4 N–H and O–H groups in total. The molecule has 2 aliphatic carbocycles. The molecule has 2 saturated carbocycles. The summed E-state index contributed by atoms with van der Waals surface area (Å²) in [5, 5.41) is 7.39. The molecule has 3 aliphatic rings. The number of nitrogens with zero attached hydrogens (tertiary/aromatic N) is 5. The van der Waals surface area contributed by atoms with Crippen molar-refractivity contribution < 1.29 is 4.79 Å². The minimum atomic E-state index is 0.136. The highest BCUT2D eigenvalue weighted by molar-refractivity contribution is 5.84. The fraction of sp³-hybridized carbons (Fsp3) is 0.600. The van der Waals surface area contributed by atoms with Gasteiger partial charge in [0, 0.05) is 49.7 Å². The number of nitrogens with one attached hydrogen (secondary N) is 2. The van der Waals surface area contributed by atoms with E-state index in [0.29, 0.717) is 36.5 Å². The number of hydrogen-bond donors (Lipinski definition) is 3. The Kier molecular flexibility index (Phi) is 8.06. The Morgan fingerprint density at radius 3 is 2.36 bits per heavy atom. The van der Waals surface area contributed by atoms with Crippen LogP contribution >= 0.6 is 0 Å². The average Bonchev–Trinajstić information content (AvgIpc) is 3.64. The third-order valence-electron chi connectivity index (χ3n) is 9.06. The average molecular weight is 531 g/mol. The van der Waals surface area contributed by atoms with Gasteiger partial charge in [0.1, 0.15) is 6.29 Å². The predicted octanol–water partition coefficient (Wildman–Crippen LogP) is 4.83. The molecule has 3 aromatic rings. The van der Waals surface area contributed by atoms with E-state index in [1.165, 1.54) is 31.2 Å². The summed E-state index contributed by atoms with van der Waals surface area (Å²) in [6.07, 6.45) is 14.6. The number of anilines is 2. The number of benzene rings is 1. The smallest absolute Gasteiger partial charge is 0.227 e. The Bertz CT molecular complexity index is 1220. The number of imidazole rings is 1. The fourth-order valence-electron chi connectivity index (χ4n) is 6.79. The highest BCUT2D eigenvalue weighted by atomic mass is 16.1. The SMILES string of the molecule is NC1CCC(Nc2nc(NC3CCN(C(CC=O)c4ccccc4)CC3)c3ncn(C4CCCC4)c3n2)CC1. The van der Waals surface area contributed by atoms with Crippen LogP contribution in [0.5, 0.6) is 0 Å². The molecule has 0 spiro atoms. The fourth-order valence-corrected chi connectivity index (χ4v) is 6.79. The highest BCUT2D eigenvalue weighted by Gasteiger charge is 2.28. The predicted molar refractivity (Wildman–Crippen MR) is 155 cm³/mol. The van der Waals surface area contributed by atoms with E-state index in [4.69, 9.17) is 20.7 Å². The minimum Gasteiger partial charge on any atom is -0.365 e. The van der Waals surface area contributed by atoms with Crippen LogP contribution in [-0.4, -0.2) is 61.9 Å². The number of fused-ring (bicyclic) bond motifs is 1. The van der Waals surface area contributed by atoms with Crippen LogP contribution in [0, 0.1) is 0 Å². The third kappa shape index (κ3) is 5.94. The maximum Gasteiger partial charge on any atom is 0.227 e. The van der Waals surface area contributed by atoms with E-state index in [0.717, 1.165) is 74.9 Å². The van der Waals surface area contributed by atoms with Gasteiger partial charge in [-0.15, -0.1) is 0 Å². The molecule has 3 heterocycles. The first kappa shape index (κ1) is 26.2. The van der Waals surface area contributed by atoms with E-state index < -0.39 is 0 Å². The molecule has 9 heteroatoms. The van der Waals surface area contributed by atoms with Crippen LogP contribution in [0.15, 0.2) is 36.7 Å². The molecule has 1 saturated heterocycles. The number of carbonyl (C=O) groups is 1. The lowest BCUT2D eigenvalue weighted by molar-refractivity contribution is -0.109. The Balaban J connectivity index is 1.20. The van der Waals surface area contributed by atoms with Crippen molar-refractivity contribution in [2.45, 2.75) is 101 Å². The molecule has 0 bridgehead atoms. The van der Waals surface area contributed by atoms with Crippen LogP contribution in [0.4, 0.5) is 11.8 Å². The summed E-state index contributed by atoms with van der Waals surface area (Å²) in [5.74, 6) is 1.52. The molecule has 39 heavy (non-hydrogen) atoms. The van der Waals surface area contributed by atoms with Crippen LogP contribution in [0.25, 0.3) is 11.2 Å². The van der Waals surface area contributed by atoms with Gasteiger partial charge in [0.25, 0.3) is 0 Å². The molecule has 1 aliphatic heterocycles. The van der Waals surface area contributed by atoms with Crippen molar-refractivity contribution in [1.82, 2.24) is 24.4 Å². The first-order valence-electron chi connectivity index (χ1n) is 14.9. The Morgan fingerprint density at radius 1 is 0.923 bits per heavy atom. The van der Waals surface area contributed by atoms with Crippen LogP contribution in [0.1, 0.15) is 88.3 Å². The van der Waals surface area contributed by atoms with E-state index in [9.17, 15) is 4.79 Å². The second-order valence-electron chi connectivity index (χ2n) is 11.7. The molecule has 1 atom stereocenters. The van der Waals surface area contributed by atoms with E-state index >= 15 is 0 Å². The standard InChI is InChI=1S/C30H42N8O/c31-22-10-12-23(13-11-22)34-30-35-28(27-29(36-30)38(20-32-27)25-8-4-5-9-25)33-24-14-17-37(18-15-24)26(16-19-39)21-6-2-1-3-7-21/h1-3,6-7,19-20,22-26H,4-5,8-18,31H2,(H2,33,34,35,36). The molecule has 0 radical (unpaired) electrons. The lowest BCUT2D eigenvalue weighted by Gasteiger charge is -2.37. The normalized spacial score (nSPS) is 24.1. The van der Waals surface area contributed by atoms with Gasteiger partial charge in [-0.3, -0.25) is 4.90 Å². The molecule has 208 valence electrons. The second kappa shape index (κ2) is 12.0. The quantitative estimate of drug-likeness (QED) is 0.337. The third-order valence-corrected chi connectivity index (χ3v) is 9.06. The van der Waals surface area contributed by atoms with Crippen molar-refractivity contribution in [2.24, 2.45) is 5.73 Å². The van der Waals surface area contributed by atoms with Crippen molar-refractivity contribution in [3.05, 3.63) is 42.2 Å². The molecule has 9 nitrogen and oxygen atoms in total. The van der Waals surface area contributed by atoms with Crippen molar-refractivity contribution in [2.75, 3.05) is 23.7 Å². The van der Waals surface area contributed by atoms with Crippen LogP contribution in [0.3, 0.4) is 0 Å². The summed E-state index contributed by atoms with van der Waals surface area (Å²) < 4.78 is 2.28. The minimum absolute atomic E-state index is 0.136. The van der Waals surface area contributed by atoms with Gasteiger partial charge in [-0.05, 0) is 56.9 Å². The Morgan fingerprint density at radius 2 is 1.64 bits per heavy atom. The molecular formula is C30H42N8O. The first-order valence-corrected chi connectivity index (χ1v) is 14.9. The van der Waals surface area contributed by atoms with Crippen molar-refractivity contribution in [3.8, 4) is 0 Å². The van der Waals surface area contributed by atoms with Gasteiger partial charge in [-0.25, -0.2) is 4.98 Å². The van der Waals surface area contributed by atoms with E-state index in [2.05, 4.69) is 44.4 Å². The number of aldehydes is 1. The molecule has 0 amide bonds. The number of piperidine rings is 1. The number of rotatable bonds is 9.